The van der Waals surface area contributed by atoms with Crippen LogP contribution in [0, 0.1) is 0 Å². The van der Waals surface area contributed by atoms with Crippen LogP contribution in [0.3, 0.4) is 0 Å². The number of fused-ring (bicyclic) bond motifs is 1. The molecule has 2 amide bonds. The van der Waals surface area contributed by atoms with E-state index in [0.29, 0.717) is 6.04 Å². The average molecular weight is 323 g/mol. The summed E-state index contributed by atoms with van der Waals surface area (Å²) in [4.78, 5) is 14.9. The lowest BCUT2D eigenvalue weighted by Crippen LogP contribution is -2.36. The maximum Gasteiger partial charge on any atom is 0.340 e. The van der Waals surface area contributed by atoms with Gasteiger partial charge in [0.15, 0.2) is 0 Å². The second-order valence-corrected chi connectivity index (χ2v) is 6.28. The fraction of sp³-hybridized carbons (Fsp3) is 0.316. The Labute approximate surface area is 142 Å². The zero-order valence-corrected chi connectivity index (χ0v) is 13.9. The van der Waals surface area contributed by atoms with Gasteiger partial charge in [0.2, 0.25) is 0 Å². The molecule has 5 nitrogen and oxygen atoms in total. The minimum Gasteiger partial charge on any atom is -0.497 e. The number of hydrogen-bond donors (Lipinski definition) is 0. The van der Waals surface area contributed by atoms with Crippen LogP contribution in [0.2, 0.25) is 0 Å². The van der Waals surface area contributed by atoms with Crippen LogP contribution in [0.4, 0.5) is 10.5 Å². The number of hydrazine groups is 1. The van der Waals surface area contributed by atoms with Crippen molar-refractivity contribution >= 4 is 11.7 Å². The maximum atomic E-state index is 13.0. The number of rotatable bonds is 3. The Morgan fingerprint density at radius 1 is 1.04 bits per heavy atom. The maximum absolute atomic E-state index is 13.0. The van der Waals surface area contributed by atoms with Crippen LogP contribution < -0.4 is 9.64 Å². The van der Waals surface area contributed by atoms with Gasteiger partial charge in [0.05, 0.1) is 7.11 Å². The number of benzene rings is 2. The predicted octanol–water partition coefficient (Wildman–Crippen LogP) is 3.65. The summed E-state index contributed by atoms with van der Waals surface area (Å²) in [5.74, 6) is 0.820. The van der Waals surface area contributed by atoms with Gasteiger partial charge in [0.1, 0.15) is 11.9 Å². The summed E-state index contributed by atoms with van der Waals surface area (Å²) in [6.45, 7) is 2.95. The van der Waals surface area contributed by atoms with Gasteiger partial charge in [0, 0.05) is 18.3 Å². The molecule has 5 heteroatoms. The molecule has 0 N–H and O–H groups in total. The minimum absolute atomic E-state index is 0.0476. The lowest BCUT2D eigenvalue weighted by molar-refractivity contribution is 0.0420. The first-order valence-corrected chi connectivity index (χ1v) is 8.28. The van der Waals surface area contributed by atoms with Crippen molar-refractivity contribution in [2.45, 2.75) is 25.6 Å². The highest BCUT2D eigenvalue weighted by Gasteiger charge is 2.50. The number of methoxy groups -OCH3 is 1. The summed E-state index contributed by atoms with van der Waals surface area (Å²) < 4.78 is 5.27. The minimum atomic E-state index is -0.122. The molecule has 0 aliphatic carbocycles. The first-order chi connectivity index (χ1) is 11.7. The van der Waals surface area contributed by atoms with E-state index in [0.717, 1.165) is 30.0 Å². The lowest BCUT2D eigenvalue weighted by Gasteiger charge is -2.31. The first kappa shape index (κ1) is 15.0. The lowest BCUT2D eigenvalue weighted by atomic mass is 10.1. The molecule has 2 atom stereocenters. The number of nitrogens with zero attached hydrogens (tertiary/aromatic N) is 3. The van der Waals surface area contributed by atoms with Crippen molar-refractivity contribution in [3.8, 4) is 5.75 Å². The van der Waals surface area contributed by atoms with E-state index in [1.165, 1.54) is 0 Å². The Hall–Kier alpha value is -2.53. The SMILES string of the molecule is COc1ccc([C@@H]2N(c3ccccc3)C(=O)N3CC[C@H](C)N23)cc1. The molecule has 2 aromatic rings. The molecular formula is C19H21N3O2. The average Bonchev–Trinajstić information content (AvgIpc) is 3.14. The van der Waals surface area contributed by atoms with Gasteiger partial charge in [-0.2, -0.15) is 5.01 Å². The smallest absolute Gasteiger partial charge is 0.340 e. The van der Waals surface area contributed by atoms with E-state index in [4.69, 9.17) is 4.74 Å². The van der Waals surface area contributed by atoms with Crippen molar-refractivity contribution in [1.82, 2.24) is 10.0 Å². The quantitative estimate of drug-likeness (QED) is 0.865. The van der Waals surface area contributed by atoms with E-state index in [1.54, 1.807) is 7.11 Å². The van der Waals surface area contributed by atoms with Crippen molar-refractivity contribution < 1.29 is 9.53 Å². The van der Waals surface area contributed by atoms with Gasteiger partial charge in [-0.15, -0.1) is 0 Å². The molecule has 0 spiro atoms. The Balaban J connectivity index is 1.80. The Kier molecular flexibility index (Phi) is 3.65. The largest absolute Gasteiger partial charge is 0.497 e. The van der Waals surface area contributed by atoms with Crippen molar-refractivity contribution in [2.24, 2.45) is 0 Å². The van der Waals surface area contributed by atoms with Gasteiger partial charge in [0.25, 0.3) is 0 Å². The van der Waals surface area contributed by atoms with Gasteiger partial charge in [-0.3, -0.25) is 9.91 Å². The second-order valence-electron chi connectivity index (χ2n) is 6.28. The van der Waals surface area contributed by atoms with E-state index < -0.39 is 0 Å². The van der Waals surface area contributed by atoms with Crippen LogP contribution in [0.5, 0.6) is 5.75 Å². The third-order valence-corrected chi connectivity index (χ3v) is 4.86. The zero-order valence-electron chi connectivity index (χ0n) is 13.9. The first-order valence-electron chi connectivity index (χ1n) is 8.28. The van der Waals surface area contributed by atoms with Crippen LogP contribution in [-0.2, 0) is 0 Å². The summed E-state index contributed by atoms with van der Waals surface area (Å²) in [6.07, 6.45) is 0.879. The third kappa shape index (κ3) is 2.24. The normalized spacial score (nSPS) is 23.7. The van der Waals surface area contributed by atoms with Crippen LogP contribution in [0.25, 0.3) is 0 Å². The summed E-state index contributed by atoms with van der Waals surface area (Å²) in [6, 6.07) is 18.2. The number of carbonyl (C=O) groups is 1. The molecule has 0 bridgehead atoms. The fourth-order valence-corrected chi connectivity index (χ4v) is 3.63. The topological polar surface area (TPSA) is 36.0 Å². The van der Waals surface area contributed by atoms with E-state index >= 15 is 0 Å². The van der Waals surface area contributed by atoms with Crippen molar-refractivity contribution in [3.63, 3.8) is 0 Å². The van der Waals surface area contributed by atoms with Crippen molar-refractivity contribution in [3.05, 3.63) is 60.2 Å². The van der Waals surface area contributed by atoms with Crippen LogP contribution in [-0.4, -0.2) is 35.7 Å². The summed E-state index contributed by atoms with van der Waals surface area (Å²) >= 11 is 0. The van der Waals surface area contributed by atoms with Crippen LogP contribution >= 0.6 is 0 Å². The number of para-hydroxylation sites is 1. The molecule has 0 unspecified atom stereocenters. The summed E-state index contributed by atoms with van der Waals surface area (Å²) in [5.41, 5.74) is 2.01. The Morgan fingerprint density at radius 3 is 2.42 bits per heavy atom. The Bertz CT molecular complexity index is 732. The van der Waals surface area contributed by atoms with Gasteiger partial charge in [-0.25, -0.2) is 4.79 Å². The fourth-order valence-electron chi connectivity index (χ4n) is 3.63. The molecule has 2 fully saturated rings. The van der Waals surface area contributed by atoms with E-state index in [1.807, 2.05) is 64.5 Å². The standard InChI is InChI=1S/C19H21N3O2/c1-14-12-13-20-19(23)21(16-6-4-3-5-7-16)18(22(14)20)15-8-10-17(24-2)11-9-15/h3-11,14,18H,12-13H2,1-2H3/t14-,18+/m0/s1. The highest BCUT2D eigenvalue weighted by Crippen LogP contribution is 2.42. The Morgan fingerprint density at radius 2 is 1.75 bits per heavy atom. The molecule has 2 aliphatic heterocycles. The monoisotopic (exact) mass is 323 g/mol. The number of urea groups is 1. The van der Waals surface area contributed by atoms with Crippen molar-refractivity contribution in [2.75, 3.05) is 18.6 Å². The number of ether oxygens (including phenoxy) is 1. The van der Waals surface area contributed by atoms with Gasteiger partial charge in [-0.1, -0.05) is 30.3 Å². The molecule has 0 saturated carbocycles. The highest BCUT2D eigenvalue weighted by molar-refractivity contribution is 5.94. The van der Waals surface area contributed by atoms with E-state index in [-0.39, 0.29) is 12.2 Å². The molecular weight excluding hydrogens is 302 g/mol. The molecule has 2 aromatic carbocycles. The number of hydrogen-bond acceptors (Lipinski definition) is 3. The molecule has 2 aliphatic rings. The van der Waals surface area contributed by atoms with Crippen LogP contribution in [0.15, 0.2) is 54.6 Å². The van der Waals surface area contributed by atoms with Gasteiger partial charge in [-0.05, 0) is 43.2 Å². The molecule has 24 heavy (non-hydrogen) atoms. The second kappa shape index (κ2) is 5.83. The van der Waals surface area contributed by atoms with E-state index in [9.17, 15) is 4.79 Å². The molecule has 2 saturated heterocycles. The van der Waals surface area contributed by atoms with Gasteiger partial charge < -0.3 is 4.74 Å². The summed E-state index contributed by atoms with van der Waals surface area (Å²) in [5, 5.41) is 4.09. The molecule has 0 radical (unpaired) electrons. The zero-order chi connectivity index (χ0) is 16.7. The molecule has 124 valence electrons. The van der Waals surface area contributed by atoms with Gasteiger partial charge >= 0.3 is 6.03 Å². The number of amides is 2. The van der Waals surface area contributed by atoms with Crippen LogP contribution in [0.1, 0.15) is 25.1 Å². The summed E-state index contributed by atoms with van der Waals surface area (Å²) in [7, 11) is 1.66. The molecule has 0 aromatic heterocycles. The highest BCUT2D eigenvalue weighted by atomic mass is 16.5. The molecule has 2 heterocycles. The third-order valence-electron chi connectivity index (χ3n) is 4.86. The molecule has 4 rings (SSSR count). The van der Waals surface area contributed by atoms with E-state index in [2.05, 4.69) is 11.9 Å². The van der Waals surface area contributed by atoms with Crippen molar-refractivity contribution in [1.29, 1.82) is 0 Å². The predicted molar refractivity (Wildman–Crippen MR) is 92.7 cm³/mol. The number of carbonyl (C=O) groups excluding carboxylic acids is 1. The number of anilines is 1.